The maximum atomic E-state index is 12.3. The van der Waals surface area contributed by atoms with E-state index in [0.717, 1.165) is 32.6 Å². The Kier molecular flexibility index (Phi) is 5.22. The number of hydrogen-bond acceptors (Lipinski definition) is 5. The first-order valence-electron chi connectivity index (χ1n) is 8.96. The molecule has 2 aliphatic heterocycles. The van der Waals surface area contributed by atoms with E-state index in [1.165, 1.54) is 6.07 Å². The van der Waals surface area contributed by atoms with Crippen molar-refractivity contribution in [1.82, 2.24) is 10.6 Å². The van der Waals surface area contributed by atoms with E-state index in [-0.39, 0.29) is 16.5 Å². The number of rotatable bonds is 5. The van der Waals surface area contributed by atoms with Gasteiger partial charge in [0.15, 0.2) is 0 Å². The summed E-state index contributed by atoms with van der Waals surface area (Å²) in [5, 5.41) is 17.6. The third-order valence-electron chi connectivity index (χ3n) is 5.06. The fraction of sp³-hybridized carbons (Fsp3) is 0.611. The predicted octanol–water partition coefficient (Wildman–Crippen LogP) is 2.03. The summed E-state index contributed by atoms with van der Waals surface area (Å²) in [4.78, 5) is 25.5. The molecule has 1 aromatic rings. The highest BCUT2D eigenvalue weighted by Crippen LogP contribution is 2.33. The molecule has 7 heteroatoms. The number of carbonyl (C=O) groups excluding carboxylic acids is 1. The molecule has 0 aliphatic carbocycles. The van der Waals surface area contributed by atoms with Crippen molar-refractivity contribution in [3.63, 3.8) is 0 Å². The Morgan fingerprint density at radius 2 is 2.00 bits per heavy atom. The van der Waals surface area contributed by atoms with Crippen LogP contribution in [0, 0.1) is 27.9 Å². The molecule has 2 N–H and O–H groups in total. The minimum absolute atomic E-state index is 0.0132. The van der Waals surface area contributed by atoms with Crippen molar-refractivity contribution in [2.75, 3.05) is 37.6 Å². The van der Waals surface area contributed by atoms with Gasteiger partial charge in [0.25, 0.3) is 11.6 Å². The van der Waals surface area contributed by atoms with Gasteiger partial charge in [0.2, 0.25) is 0 Å². The first-order chi connectivity index (χ1) is 11.9. The minimum atomic E-state index is -0.383. The minimum Gasteiger partial charge on any atom is -0.365 e. The van der Waals surface area contributed by atoms with Crippen molar-refractivity contribution < 1.29 is 9.72 Å². The first kappa shape index (κ1) is 17.7. The van der Waals surface area contributed by atoms with Crippen molar-refractivity contribution in [2.24, 2.45) is 17.8 Å². The van der Waals surface area contributed by atoms with Gasteiger partial charge >= 0.3 is 0 Å². The van der Waals surface area contributed by atoms with Gasteiger partial charge in [-0.1, -0.05) is 13.8 Å². The molecule has 2 aliphatic rings. The summed E-state index contributed by atoms with van der Waals surface area (Å²) in [5.74, 6) is 1.21. The van der Waals surface area contributed by atoms with Gasteiger partial charge in [-0.05, 0) is 30.4 Å². The fourth-order valence-corrected chi connectivity index (χ4v) is 3.77. The molecule has 0 bridgehead atoms. The number of nitrogens with zero attached hydrogens (tertiary/aromatic N) is 2. The van der Waals surface area contributed by atoms with Crippen molar-refractivity contribution in [3.05, 3.63) is 33.9 Å². The van der Waals surface area contributed by atoms with E-state index in [4.69, 9.17) is 0 Å². The van der Waals surface area contributed by atoms with Crippen molar-refractivity contribution in [1.29, 1.82) is 0 Å². The summed E-state index contributed by atoms with van der Waals surface area (Å²) >= 11 is 0. The zero-order chi connectivity index (χ0) is 18.0. The average molecular weight is 346 g/mol. The Morgan fingerprint density at radius 3 is 2.56 bits per heavy atom. The Hall–Kier alpha value is -2.15. The molecule has 2 unspecified atom stereocenters. The van der Waals surface area contributed by atoms with E-state index in [9.17, 15) is 14.9 Å². The quantitative estimate of drug-likeness (QED) is 0.629. The Balaban J connectivity index is 1.77. The summed E-state index contributed by atoms with van der Waals surface area (Å²) in [6.07, 6.45) is 1.14. The van der Waals surface area contributed by atoms with Crippen molar-refractivity contribution in [2.45, 2.75) is 20.3 Å². The smallest absolute Gasteiger partial charge is 0.293 e. The third kappa shape index (κ3) is 4.10. The molecular formula is C18H26N4O3. The summed E-state index contributed by atoms with van der Waals surface area (Å²) in [5.41, 5.74) is 0.975. The lowest BCUT2D eigenvalue weighted by molar-refractivity contribution is -0.384. The van der Waals surface area contributed by atoms with Crippen LogP contribution in [0.15, 0.2) is 18.2 Å². The molecule has 7 nitrogen and oxygen atoms in total. The maximum absolute atomic E-state index is 12.3. The molecule has 136 valence electrons. The van der Waals surface area contributed by atoms with E-state index < -0.39 is 0 Å². The molecule has 2 atom stereocenters. The van der Waals surface area contributed by atoms with Crippen molar-refractivity contribution >= 4 is 17.3 Å². The number of nitro benzene ring substituents is 1. The normalized spacial score (nSPS) is 23.8. The summed E-state index contributed by atoms with van der Waals surface area (Å²) in [7, 11) is 0. The van der Waals surface area contributed by atoms with Crippen LogP contribution in [0.1, 0.15) is 30.6 Å². The van der Waals surface area contributed by atoms with Crippen LogP contribution in [0.4, 0.5) is 11.4 Å². The summed E-state index contributed by atoms with van der Waals surface area (Å²) < 4.78 is 0. The molecule has 1 amide bonds. The predicted molar refractivity (Wildman–Crippen MR) is 96.9 cm³/mol. The van der Waals surface area contributed by atoms with Crippen LogP contribution >= 0.6 is 0 Å². The Bertz CT molecular complexity index is 650. The van der Waals surface area contributed by atoms with Crippen LogP contribution in [-0.2, 0) is 0 Å². The van der Waals surface area contributed by atoms with Gasteiger partial charge in [0, 0.05) is 50.3 Å². The van der Waals surface area contributed by atoms with Gasteiger partial charge in [-0.15, -0.1) is 0 Å². The number of amides is 1. The lowest BCUT2D eigenvalue weighted by Crippen LogP contribution is -2.48. The standard InChI is InChI=1S/C18H26N4O3/c1-12-5-13(2)11-21(10-12)16-4-3-15(6-17(16)22(24)25)18(23)20-9-14-7-19-8-14/h3-4,6,12-14,19H,5,7-11H2,1-2H3,(H,20,23). The maximum Gasteiger partial charge on any atom is 0.293 e. The second-order valence-corrected chi connectivity index (χ2v) is 7.55. The van der Waals surface area contributed by atoms with Crippen LogP contribution < -0.4 is 15.5 Å². The lowest BCUT2D eigenvalue weighted by Gasteiger charge is -2.36. The number of piperidine rings is 1. The number of nitrogens with one attached hydrogen (secondary N) is 2. The highest BCUT2D eigenvalue weighted by Gasteiger charge is 2.28. The van der Waals surface area contributed by atoms with Crippen LogP contribution in [0.5, 0.6) is 0 Å². The number of anilines is 1. The molecule has 2 fully saturated rings. The van der Waals surface area contributed by atoms with Gasteiger partial charge < -0.3 is 15.5 Å². The average Bonchev–Trinajstić information content (AvgIpc) is 2.51. The molecular weight excluding hydrogens is 320 g/mol. The van der Waals surface area contributed by atoms with Gasteiger partial charge in [0.05, 0.1) is 4.92 Å². The topological polar surface area (TPSA) is 87.5 Å². The highest BCUT2D eigenvalue weighted by molar-refractivity contribution is 5.95. The molecule has 2 saturated heterocycles. The Labute approximate surface area is 147 Å². The molecule has 25 heavy (non-hydrogen) atoms. The molecule has 0 radical (unpaired) electrons. The molecule has 3 rings (SSSR count). The number of hydrogen-bond donors (Lipinski definition) is 2. The van der Waals surface area contributed by atoms with Gasteiger partial charge in [-0.2, -0.15) is 0 Å². The van der Waals surface area contributed by atoms with Crippen LogP contribution in [0.25, 0.3) is 0 Å². The van der Waals surface area contributed by atoms with Crippen molar-refractivity contribution in [3.8, 4) is 0 Å². The van der Waals surface area contributed by atoms with Crippen LogP contribution in [0.2, 0.25) is 0 Å². The largest absolute Gasteiger partial charge is 0.365 e. The van der Waals surface area contributed by atoms with E-state index in [1.807, 2.05) is 0 Å². The molecule has 0 aromatic heterocycles. The molecule has 0 saturated carbocycles. The van der Waals surface area contributed by atoms with Gasteiger partial charge in [0.1, 0.15) is 5.69 Å². The van der Waals surface area contributed by atoms with Gasteiger partial charge in [-0.25, -0.2) is 0 Å². The molecule has 2 heterocycles. The number of benzene rings is 1. The van der Waals surface area contributed by atoms with Crippen LogP contribution in [0.3, 0.4) is 0 Å². The zero-order valence-electron chi connectivity index (χ0n) is 14.8. The molecule has 0 spiro atoms. The Morgan fingerprint density at radius 1 is 1.32 bits per heavy atom. The number of carbonyl (C=O) groups is 1. The van der Waals surface area contributed by atoms with Crippen LogP contribution in [-0.4, -0.2) is 43.6 Å². The van der Waals surface area contributed by atoms with Gasteiger partial charge in [-0.3, -0.25) is 14.9 Å². The first-order valence-corrected chi connectivity index (χ1v) is 8.96. The highest BCUT2D eigenvalue weighted by atomic mass is 16.6. The summed E-state index contributed by atoms with van der Waals surface area (Å²) in [6, 6.07) is 4.83. The third-order valence-corrected chi connectivity index (χ3v) is 5.06. The SMILES string of the molecule is CC1CC(C)CN(c2ccc(C(=O)NCC3CNC3)cc2[N+](=O)[O-])C1. The van der Waals surface area contributed by atoms with E-state index in [0.29, 0.717) is 35.5 Å². The second kappa shape index (κ2) is 7.39. The lowest BCUT2D eigenvalue weighted by atomic mass is 9.91. The molecule has 1 aromatic carbocycles. The van der Waals surface area contributed by atoms with E-state index in [1.54, 1.807) is 12.1 Å². The van der Waals surface area contributed by atoms with E-state index in [2.05, 4.69) is 29.4 Å². The second-order valence-electron chi connectivity index (χ2n) is 7.55. The zero-order valence-corrected chi connectivity index (χ0v) is 14.8. The summed E-state index contributed by atoms with van der Waals surface area (Å²) in [6.45, 7) is 8.38. The monoisotopic (exact) mass is 346 g/mol. The number of nitro groups is 1. The van der Waals surface area contributed by atoms with E-state index >= 15 is 0 Å². The fourth-order valence-electron chi connectivity index (χ4n) is 3.77.